The average molecular weight is 447 g/mol. The highest BCUT2D eigenvalue weighted by molar-refractivity contribution is 5.92. The second kappa shape index (κ2) is 10.4. The Morgan fingerprint density at radius 3 is 2.48 bits per heavy atom. The van der Waals surface area contributed by atoms with E-state index in [0.717, 1.165) is 18.8 Å². The van der Waals surface area contributed by atoms with Crippen LogP contribution in [-0.2, 0) is 4.74 Å². The van der Waals surface area contributed by atoms with E-state index in [9.17, 15) is 0 Å². The first kappa shape index (κ1) is 24.0. The smallest absolute Gasteiger partial charge is 0.0621 e. The first-order valence-corrected chi connectivity index (χ1v) is 12.8. The molecule has 0 spiro atoms. The number of aromatic amines is 1. The first-order valence-electron chi connectivity index (χ1n) is 12.8. The lowest BCUT2D eigenvalue weighted by molar-refractivity contribution is 0.00886. The van der Waals surface area contributed by atoms with Crippen molar-refractivity contribution in [1.29, 1.82) is 0 Å². The molecule has 1 unspecified atom stereocenters. The average Bonchev–Trinajstić information content (AvgIpc) is 3.18. The van der Waals surface area contributed by atoms with Crippen molar-refractivity contribution in [2.24, 2.45) is 0 Å². The molecule has 2 saturated heterocycles. The first-order chi connectivity index (χ1) is 15.8. The van der Waals surface area contributed by atoms with Gasteiger partial charge in [-0.05, 0) is 100 Å². The molecule has 0 bridgehead atoms. The van der Waals surface area contributed by atoms with Gasteiger partial charge in [-0.2, -0.15) is 0 Å². The Kier molecular flexibility index (Phi) is 7.61. The number of allylic oxidation sites excluding steroid dienone is 5. The minimum absolute atomic E-state index is 0.441. The molecule has 0 saturated carbocycles. The van der Waals surface area contributed by atoms with E-state index >= 15 is 0 Å². The van der Waals surface area contributed by atoms with Crippen molar-refractivity contribution in [2.45, 2.75) is 78.2 Å². The van der Waals surface area contributed by atoms with E-state index in [1.54, 1.807) is 0 Å². The normalized spacial score (nSPS) is 21.0. The zero-order valence-electron chi connectivity index (χ0n) is 21.3. The molecule has 1 N–H and O–H groups in total. The van der Waals surface area contributed by atoms with E-state index in [1.165, 1.54) is 77.6 Å². The fraction of sp³-hybridized carbons (Fsp3) is 0.533. The number of ether oxygens (including phenoxy) is 1. The van der Waals surface area contributed by atoms with E-state index in [0.29, 0.717) is 17.9 Å². The summed E-state index contributed by atoms with van der Waals surface area (Å²) < 4.78 is 5.74. The molecular weight excluding hydrogens is 404 g/mol. The Balaban J connectivity index is 1.63. The van der Waals surface area contributed by atoms with Crippen LogP contribution < -0.4 is 0 Å². The molecule has 1 aromatic carbocycles. The van der Waals surface area contributed by atoms with Crippen LogP contribution in [0, 0.1) is 0 Å². The Morgan fingerprint density at radius 2 is 1.88 bits per heavy atom. The maximum atomic E-state index is 5.74. The minimum Gasteiger partial charge on any atom is -0.380 e. The topological polar surface area (TPSA) is 28.3 Å². The quantitative estimate of drug-likeness (QED) is 0.463. The molecule has 3 nitrogen and oxygen atoms in total. The van der Waals surface area contributed by atoms with Crippen LogP contribution in [0.2, 0.25) is 0 Å². The Bertz CT molecular complexity index is 1040. The van der Waals surface area contributed by atoms with E-state index in [1.807, 2.05) is 0 Å². The number of piperidine rings is 1. The fourth-order valence-electron chi connectivity index (χ4n) is 5.68. The highest BCUT2D eigenvalue weighted by Crippen LogP contribution is 2.38. The van der Waals surface area contributed by atoms with Crippen molar-refractivity contribution < 1.29 is 4.74 Å². The number of aromatic nitrogens is 1. The van der Waals surface area contributed by atoms with Crippen LogP contribution in [-0.4, -0.2) is 42.2 Å². The summed E-state index contributed by atoms with van der Waals surface area (Å²) in [6.45, 7) is 19.4. The summed E-state index contributed by atoms with van der Waals surface area (Å²) in [5.74, 6) is 1.09. The molecule has 2 aliphatic rings. The monoisotopic (exact) mass is 446 g/mol. The molecule has 2 fully saturated rings. The second-order valence-electron chi connectivity index (χ2n) is 10.7. The third-order valence-electron chi connectivity index (χ3n) is 7.23. The number of benzene rings is 1. The number of nitrogens with zero attached hydrogens (tertiary/aromatic N) is 1. The van der Waals surface area contributed by atoms with Crippen LogP contribution in [0.25, 0.3) is 16.5 Å². The van der Waals surface area contributed by atoms with Gasteiger partial charge in [-0.25, -0.2) is 0 Å². The molecule has 1 atom stereocenters. The highest BCUT2D eigenvalue weighted by Gasteiger charge is 2.28. The Hall–Kier alpha value is -2.10. The minimum atomic E-state index is 0.441. The van der Waals surface area contributed by atoms with Crippen LogP contribution >= 0.6 is 0 Å². The molecule has 3 heteroatoms. The maximum Gasteiger partial charge on any atom is 0.0621 e. The summed E-state index contributed by atoms with van der Waals surface area (Å²) in [6.07, 6.45) is 9.48. The Labute approximate surface area is 200 Å². The van der Waals surface area contributed by atoms with Gasteiger partial charge in [-0.1, -0.05) is 49.8 Å². The predicted molar refractivity (Wildman–Crippen MR) is 142 cm³/mol. The Morgan fingerprint density at radius 1 is 1.12 bits per heavy atom. The van der Waals surface area contributed by atoms with Crippen LogP contribution in [0.1, 0.15) is 89.0 Å². The molecule has 2 aromatic rings. The molecule has 2 aliphatic heterocycles. The summed E-state index contributed by atoms with van der Waals surface area (Å²) in [5.41, 5.74) is 9.01. The van der Waals surface area contributed by atoms with Crippen molar-refractivity contribution >= 4 is 16.5 Å². The van der Waals surface area contributed by atoms with Gasteiger partial charge in [0.25, 0.3) is 0 Å². The molecule has 3 heterocycles. The van der Waals surface area contributed by atoms with Crippen LogP contribution in [0.4, 0.5) is 0 Å². The van der Waals surface area contributed by atoms with Gasteiger partial charge in [0.1, 0.15) is 0 Å². The fourth-order valence-corrected chi connectivity index (χ4v) is 5.68. The molecular formula is C30H42N2O. The van der Waals surface area contributed by atoms with Gasteiger partial charge in [0.15, 0.2) is 0 Å². The van der Waals surface area contributed by atoms with Crippen molar-refractivity contribution in [3.05, 3.63) is 64.9 Å². The molecule has 178 valence electrons. The van der Waals surface area contributed by atoms with E-state index in [4.69, 9.17) is 4.74 Å². The van der Waals surface area contributed by atoms with Crippen LogP contribution in [0.3, 0.4) is 0 Å². The van der Waals surface area contributed by atoms with Crippen molar-refractivity contribution in [3.63, 3.8) is 0 Å². The van der Waals surface area contributed by atoms with Gasteiger partial charge in [-0.3, -0.25) is 4.90 Å². The van der Waals surface area contributed by atoms with E-state index in [2.05, 4.69) is 81.4 Å². The largest absolute Gasteiger partial charge is 0.380 e. The van der Waals surface area contributed by atoms with E-state index in [-0.39, 0.29) is 0 Å². The van der Waals surface area contributed by atoms with Crippen molar-refractivity contribution in [2.75, 3.05) is 26.3 Å². The van der Waals surface area contributed by atoms with Crippen molar-refractivity contribution in [1.82, 2.24) is 9.88 Å². The zero-order chi connectivity index (χ0) is 23.5. The maximum absolute atomic E-state index is 5.74. The summed E-state index contributed by atoms with van der Waals surface area (Å²) in [4.78, 5) is 6.44. The molecule has 0 aliphatic carbocycles. The number of hydrogen-bond acceptors (Lipinski definition) is 2. The molecule has 33 heavy (non-hydrogen) atoms. The van der Waals surface area contributed by atoms with Gasteiger partial charge < -0.3 is 9.72 Å². The summed E-state index contributed by atoms with van der Waals surface area (Å²) in [5, 5.41) is 1.38. The highest BCUT2D eigenvalue weighted by atomic mass is 16.5. The number of fused-ring (bicyclic) bond motifs is 1. The van der Waals surface area contributed by atoms with Crippen LogP contribution in [0.15, 0.2) is 48.1 Å². The summed E-state index contributed by atoms with van der Waals surface area (Å²) >= 11 is 0. The van der Waals surface area contributed by atoms with Crippen LogP contribution in [0.5, 0.6) is 0 Å². The molecule has 0 radical (unpaired) electrons. The predicted octanol–water partition coefficient (Wildman–Crippen LogP) is 7.58. The van der Waals surface area contributed by atoms with Gasteiger partial charge in [0.05, 0.1) is 6.61 Å². The molecule has 1 aromatic heterocycles. The van der Waals surface area contributed by atoms with Crippen molar-refractivity contribution in [3.8, 4) is 0 Å². The summed E-state index contributed by atoms with van der Waals surface area (Å²) in [6, 6.07) is 7.79. The molecule has 4 rings (SSSR count). The molecule has 0 amide bonds. The zero-order valence-corrected chi connectivity index (χ0v) is 21.3. The number of rotatable bonds is 6. The van der Waals surface area contributed by atoms with Gasteiger partial charge in [0.2, 0.25) is 0 Å². The number of hydrogen-bond donors (Lipinski definition) is 1. The third-order valence-corrected chi connectivity index (χ3v) is 7.23. The lowest BCUT2D eigenvalue weighted by Crippen LogP contribution is -2.45. The van der Waals surface area contributed by atoms with Gasteiger partial charge >= 0.3 is 0 Å². The number of likely N-dealkylation sites (tertiary alicyclic amines) is 1. The lowest BCUT2D eigenvalue weighted by Gasteiger charge is -2.39. The number of nitrogens with one attached hydrogen (secondary N) is 1. The SMILES string of the molecule is C=C(C)/C=C(\C=C(C)C)c1[nH]c2ccc(C3CCN(C4CCCOC4)CC3)cc2c1C(C)C. The third kappa shape index (κ3) is 5.53. The van der Waals surface area contributed by atoms with Gasteiger partial charge in [-0.15, -0.1) is 0 Å². The van der Waals surface area contributed by atoms with E-state index < -0.39 is 0 Å². The second-order valence-corrected chi connectivity index (χ2v) is 10.7. The lowest BCUT2D eigenvalue weighted by atomic mass is 9.86. The number of H-pyrrole nitrogens is 1. The standard InChI is InChI=1S/C30H42N2O/c1-20(2)16-25(17-21(3)4)30-29(22(5)6)27-18-24(9-10-28(27)31-30)23-11-13-32(14-12-23)26-8-7-15-33-19-26/h9-10,16-18,22-23,26,31H,1,7-8,11-15,19H2,2-6H3/b25-16+. The van der Waals surface area contributed by atoms with Gasteiger partial charge in [0, 0.05) is 29.2 Å². The summed E-state index contributed by atoms with van der Waals surface area (Å²) in [7, 11) is 0.